The minimum Gasteiger partial charge on any atom is -0.451 e. The van der Waals surface area contributed by atoms with Crippen LogP contribution in [0.25, 0.3) is 5.57 Å². The molecule has 1 saturated carbocycles. The van der Waals surface area contributed by atoms with Gasteiger partial charge in [0.1, 0.15) is 0 Å². The summed E-state index contributed by atoms with van der Waals surface area (Å²) in [5, 5.41) is 0. The average Bonchev–Trinajstić information content (AvgIpc) is 2.77. The molecule has 0 unspecified atom stereocenters. The molecule has 0 radical (unpaired) electrons. The van der Waals surface area contributed by atoms with E-state index in [4.69, 9.17) is 9.47 Å². The maximum absolute atomic E-state index is 12.2. The van der Waals surface area contributed by atoms with Crippen LogP contribution in [0.3, 0.4) is 0 Å². The second-order valence-corrected chi connectivity index (χ2v) is 4.98. The van der Waals surface area contributed by atoms with Crippen LogP contribution in [0.15, 0.2) is 35.9 Å². The smallest absolute Gasteiger partial charge is 0.339 e. The van der Waals surface area contributed by atoms with Gasteiger partial charge in [0.25, 0.3) is 0 Å². The van der Waals surface area contributed by atoms with Gasteiger partial charge in [0.15, 0.2) is 6.10 Å². The summed E-state index contributed by atoms with van der Waals surface area (Å²) in [6.07, 6.45) is 2.82. The molecular weight excluding hydrogens is 240 g/mol. The number of fused-ring (bicyclic) bond motifs is 1. The molecule has 1 heterocycles. The number of esters is 1. The Morgan fingerprint density at radius 2 is 2.11 bits per heavy atom. The first-order valence-electron chi connectivity index (χ1n) is 6.92. The maximum atomic E-state index is 12.2. The molecule has 2 aliphatic rings. The lowest BCUT2D eigenvalue weighted by atomic mass is 9.86. The normalized spacial score (nSPS) is 26.3. The number of ether oxygens (including phenoxy) is 2. The van der Waals surface area contributed by atoms with Crippen molar-refractivity contribution in [2.24, 2.45) is 0 Å². The molecule has 3 nitrogen and oxygen atoms in total. The number of hydrogen-bond donors (Lipinski definition) is 0. The van der Waals surface area contributed by atoms with E-state index in [1.165, 1.54) is 0 Å². The third-order valence-corrected chi connectivity index (χ3v) is 3.82. The van der Waals surface area contributed by atoms with E-state index < -0.39 is 0 Å². The van der Waals surface area contributed by atoms with Gasteiger partial charge >= 0.3 is 5.97 Å². The van der Waals surface area contributed by atoms with E-state index in [0.29, 0.717) is 6.61 Å². The number of benzene rings is 1. The quantitative estimate of drug-likeness (QED) is 0.782. The lowest BCUT2D eigenvalue weighted by molar-refractivity contribution is -0.145. The van der Waals surface area contributed by atoms with Crippen LogP contribution in [-0.4, -0.2) is 24.8 Å². The zero-order valence-corrected chi connectivity index (χ0v) is 11.1. The highest BCUT2D eigenvalue weighted by Gasteiger charge is 2.41. The molecular formula is C16H18O3. The molecule has 0 spiro atoms. The van der Waals surface area contributed by atoms with Crippen LogP contribution in [0.4, 0.5) is 0 Å². The summed E-state index contributed by atoms with van der Waals surface area (Å²) in [5.74, 6) is -0.196. The Bertz CT molecular complexity index is 502. The van der Waals surface area contributed by atoms with Gasteiger partial charge in [0, 0.05) is 6.61 Å². The fraction of sp³-hybridized carbons (Fsp3) is 0.438. The molecule has 1 aromatic rings. The third-order valence-electron chi connectivity index (χ3n) is 3.82. The van der Waals surface area contributed by atoms with E-state index in [1.54, 1.807) is 0 Å². The van der Waals surface area contributed by atoms with Crippen molar-refractivity contribution in [2.75, 3.05) is 6.61 Å². The largest absolute Gasteiger partial charge is 0.451 e. The van der Waals surface area contributed by atoms with Crippen LogP contribution in [0.5, 0.6) is 0 Å². The standard InChI is InChI=1S/C16H18O3/c1-2-18-13-10-6-9-12-14(16(17)19-15(12)13)11-7-4-3-5-8-11/h3-5,7-8,13,15H,2,6,9-10H2,1H3/t13-,15+/m0/s1. The van der Waals surface area contributed by atoms with Gasteiger partial charge < -0.3 is 9.47 Å². The first-order valence-corrected chi connectivity index (χ1v) is 6.92. The van der Waals surface area contributed by atoms with Crippen LogP contribution in [-0.2, 0) is 14.3 Å². The Balaban J connectivity index is 1.98. The lowest BCUT2D eigenvalue weighted by Gasteiger charge is -2.29. The average molecular weight is 258 g/mol. The molecule has 1 aromatic carbocycles. The van der Waals surface area contributed by atoms with Gasteiger partial charge in [-0.05, 0) is 37.3 Å². The number of hydrogen-bond acceptors (Lipinski definition) is 3. The SMILES string of the molecule is CCO[C@H]1CCCC2=C(c3ccccc3)C(=O)O[C@H]21. The first-order chi connectivity index (χ1) is 9.31. The van der Waals surface area contributed by atoms with E-state index in [9.17, 15) is 4.79 Å². The predicted octanol–water partition coefficient (Wildman–Crippen LogP) is 2.95. The van der Waals surface area contributed by atoms with Gasteiger partial charge in [-0.3, -0.25) is 0 Å². The molecule has 0 amide bonds. The van der Waals surface area contributed by atoms with Gasteiger partial charge in [-0.1, -0.05) is 30.3 Å². The summed E-state index contributed by atoms with van der Waals surface area (Å²) < 4.78 is 11.3. The topological polar surface area (TPSA) is 35.5 Å². The molecule has 1 aliphatic heterocycles. The molecule has 19 heavy (non-hydrogen) atoms. The molecule has 100 valence electrons. The highest BCUT2D eigenvalue weighted by molar-refractivity contribution is 6.19. The Labute approximate surface area is 113 Å². The number of carbonyl (C=O) groups is 1. The molecule has 1 aliphatic carbocycles. The fourth-order valence-electron chi connectivity index (χ4n) is 3.02. The van der Waals surface area contributed by atoms with Gasteiger partial charge in [-0.15, -0.1) is 0 Å². The van der Waals surface area contributed by atoms with Gasteiger partial charge in [0.05, 0.1) is 11.7 Å². The summed E-state index contributed by atoms with van der Waals surface area (Å²) in [5.41, 5.74) is 2.85. The van der Waals surface area contributed by atoms with Crippen molar-refractivity contribution in [1.82, 2.24) is 0 Å². The highest BCUT2D eigenvalue weighted by Crippen LogP contribution is 2.40. The van der Waals surface area contributed by atoms with Gasteiger partial charge in [0.2, 0.25) is 0 Å². The Morgan fingerprint density at radius 3 is 2.84 bits per heavy atom. The van der Waals surface area contributed by atoms with Crippen molar-refractivity contribution < 1.29 is 14.3 Å². The fourth-order valence-corrected chi connectivity index (χ4v) is 3.02. The van der Waals surface area contributed by atoms with Gasteiger partial charge in [-0.2, -0.15) is 0 Å². The van der Waals surface area contributed by atoms with Crippen molar-refractivity contribution >= 4 is 11.5 Å². The Kier molecular flexibility index (Phi) is 3.38. The molecule has 3 heteroatoms. The second kappa shape index (κ2) is 5.17. The van der Waals surface area contributed by atoms with E-state index in [-0.39, 0.29) is 18.2 Å². The summed E-state index contributed by atoms with van der Waals surface area (Å²) in [6.45, 7) is 2.64. The minimum absolute atomic E-state index is 0.0268. The monoisotopic (exact) mass is 258 g/mol. The van der Waals surface area contributed by atoms with E-state index in [2.05, 4.69) is 0 Å². The van der Waals surface area contributed by atoms with Crippen molar-refractivity contribution in [1.29, 1.82) is 0 Å². The predicted molar refractivity (Wildman–Crippen MR) is 72.5 cm³/mol. The number of carbonyl (C=O) groups excluding carboxylic acids is 1. The molecule has 0 saturated heterocycles. The van der Waals surface area contributed by atoms with E-state index >= 15 is 0 Å². The summed E-state index contributed by atoms with van der Waals surface area (Å²) >= 11 is 0. The summed E-state index contributed by atoms with van der Waals surface area (Å²) in [7, 11) is 0. The maximum Gasteiger partial charge on any atom is 0.339 e. The van der Waals surface area contributed by atoms with Crippen molar-refractivity contribution in [3.05, 3.63) is 41.5 Å². The first kappa shape index (κ1) is 12.4. The van der Waals surface area contributed by atoms with E-state index in [0.717, 1.165) is 36.0 Å². The van der Waals surface area contributed by atoms with Crippen LogP contribution in [0.2, 0.25) is 0 Å². The van der Waals surface area contributed by atoms with Crippen LogP contribution in [0, 0.1) is 0 Å². The molecule has 3 rings (SSSR count). The molecule has 0 aromatic heterocycles. The van der Waals surface area contributed by atoms with Crippen LogP contribution >= 0.6 is 0 Å². The zero-order chi connectivity index (χ0) is 13.2. The van der Waals surface area contributed by atoms with Crippen LogP contribution in [0.1, 0.15) is 31.7 Å². The highest BCUT2D eigenvalue weighted by atomic mass is 16.6. The van der Waals surface area contributed by atoms with Crippen molar-refractivity contribution in [2.45, 2.75) is 38.4 Å². The zero-order valence-electron chi connectivity index (χ0n) is 11.1. The van der Waals surface area contributed by atoms with Crippen molar-refractivity contribution in [3.8, 4) is 0 Å². The molecule has 0 bridgehead atoms. The summed E-state index contributed by atoms with van der Waals surface area (Å²) in [6, 6.07) is 9.79. The molecule has 1 fully saturated rings. The molecule has 2 atom stereocenters. The Hall–Kier alpha value is -1.61. The van der Waals surface area contributed by atoms with Crippen LogP contribution < -0.4 is 0 Å². The number of rotatable bonds is 3. The lowest BCUT2D eigenvalue weighted by Crippen LogP contribution is -2.34. The van der Waals surface area contributed by atoms with Crippen molar-refractivity contribution in [3.63, 3.8) is 0 Å². The second-order valence-electron chi connectivity index (χ2n) is 4.98. The summed E-state index contributed by atoms with van der Waals surface area (Å²) in [4.78, 5) is 12.2. The van der Waals surface area contributed by atoms with E-state index in [1.807, 2.05) is 37.3 Å². The van der Waals surface area contributed by atoms with Gasteiger partial charge in [-0.25, -0.2) is 4.79 Å². The molecule has 0 N–H and O–H groups in total. The Morgan fingerprint density at radius 1 is 1.32 bits per heavy atom. The third kappa shape index (κ3) is 2.19. The minimum atomic E-state index is -0.196.